The first-order chi connectivity index (χ1) is 12.7. The lowest BCUT2D eigenvalue weighted by Gasteiger charge is -2.34. The largest absolute Gasteiger partial charge is 0.309 e. The van der Waals surface area contributed by atoms with Crippen LogP contribution >= 0.6 is 11.3 Å². The molecule has 1 N–H and O–H groups in total. The number of hydrogen-bond acceptors (Lipinski definition) is 5. The minimum Gasteiger partial charge on any atom is -0.309 e. The van der Waals surface area contributed by atoms with Crippen LogP contribution in [0.5, 0.6) is 0 Å². The molecule has 2 aromatic heterocycles. The number of nitrogens with zero attached hydrogens (tertiary/aromatic N) is 4. The Labute approximate surface area is 155 Å². The van der Waals surface area contributed by atoms with E-state index in [9.17, 15) is 10.1 Å². The number of carbonyl (C=O) groups excluding carboxylic acids is 1. The van der Waals surface area contributed by atoms with Gasteiger partial charge in [0.15, 0.2) is 0 Å². The van der Waals surface area contributed by atoms with Crippen molar-refractivity contribution in [2.24, 2.45) is 0 Å². The smallest absolute Gasteiger partial charge is 0.241 e. The van der Waals surface area contributed by atoms with Crippen molar-refractivity contribution in [2.45, 2.75) is 6.54 Å². The Morgan fingerprint density at radius 2 is 2.08 bits per heavy atom. The van der Waals surface area contributed by atoms with Gasteiger partial charge >= 0.3 is 0 Å². The molecule has 4 rings (SSSR count). The third kappa shape index (κ3) is 3.25. The van der Waals surface area contributed by atoms with Crippen LogP contribution in [0.3, 0.4) is 0 Å². The predicted molar refractivity (Wildman–Crippen MR) is 101 cm³/mol. The maximum Gasteiger partial charge on any atom is 0.241 e. The molecule has 130 valence electrons. The Hall–Kier alpha value is -2.95. The number of rotatable bonds is 4. The Morgan fingerprint density at radius 3 is 2.85 bits per heavy atom. The summed E-state index contributed by atoms with van der Waals surface area (Å²) in [4.78, 5) is 18.9. The van der Waals surface area contributed by atoms with Gasteiger partial charge < -0.3 is 4.90 Å². The maximum atomic E-state index is 12.6. The molecule has 0 unspecified atom stereocenters. The number of thiophene rings is 1. The lowest BCUT2D eigenvalue weighted by Crippen LogP contribution is -2.50. The lowest BCUT2D eigenvalue weighted by atomic mass is 10.1. The van der Waals surface area contributed by atoms with Crippen molar-refractivity contribution in [1.82, 2.24) is 15.1 Å². The molecule has 1 aliphatic heterocycles. The number of carbonyl (C=O) groups is 1. The lowest BCUT2D eigenvalue weighted by molar-refractivity contribution is -0.121. The van der Waals surface area contributed by atoms with Crippen LogP contribution in [-0.4, -0.2) is 40.6 Å². The quantitative estimate of drug-likeness (QED) is 0.773. The number of nitriles is 1. The molecule has 1 amide bonds. The number of H-pyrrole nitrogens is 1. The minimum absolute atomic E-state index is 0.0318. The highest BCUT2D eigenvalue weighted by molar-refractivity contribution is 7.15. The summed E-state index contributed by atoms with van der Waals surface area (Å²) in [7, 11) is 0. The van der Waals surface area contributed by atoms with Gasteiger partial charge in [0.05, 0.1) is 28.4 Å². The molecule has 1 aliphatic rings. The molecule has 7 heteroatoms. The number of benzene rings is 1. The molecule has 0 atom stereocenters. The molecule has 1 saturated heterocycles. The second-order valence-corrected chi connectivity index (χ2v) is 7.29. The Morgan fingerprint density at radius 1 is 1.19 bits per heavy atom. The van der Waals surface area contributed by atoms with E-state index >= 15 is 0 Å². The molecule has 1 fully saturated rings. The van der Waals surface area contributed by atoms with Crippen LogP contribution in [0.1, 0.15) is 10.4 Å². The molecule has 3 aromatic rings. The van der Waals surface area contributed by atoms with Crippen molar-refractivity contribution in [2.75, 3.05) is 24.5 Å². The van der Waals surface area contributed by atoms with Gasteiger partial charge in [0.2, 0.25) is 5.91 Å². The highest BCUT2D eigenvalue weighted by Gasteiger charge is 2.26. The van der Waals surface area contributed by atoms with E-state index in [1.165, 1.54) is 4.88 Å². The molecular weight excluding hydrogens is 346 g/mol. The van der Waals surface area contributed by atoms with Crippen LogP contribution in [-0.2, 0) is 11.3 Å². The van der Waals surface area contributed by atoms with Gasteiger partial charge in [-0.25, -0.2) is 0 Å². The van der Waals surface area contributed by atoms with Crippen LogP contribution in [0.2, 0.25) is 0 Å². The number of amides is 1. The fourth-order valence-corrected chi connectivity index (χ4v) is 4.16. The normalized spacial score (nSPS) is 15.2. The number of hydrogen-bond donors (Lipinski definition) is 1. The summed E-state index contributed by atoms with van der Waals surface area (Å²) in [5.74, 6) is 0.0318. The number of para-hydroxylation sites is 1. The Bertz CT molecular complexity index is 956. The minimum atomic E-state index is 0.0318. The third-order valence-corrected chi connectivity index (χ3v) is 5.53. The van der Waals surface area contributed by atoms with E-state index < -0.39 is 0 Å². The molecule has 3 heterocycles. The van der Waals surface area contributed by atoms with Crippen molar-refractivity contribution in [3.63, 3.8) is 0 Å². The van der Waals surface area contributed by atoms with E-state index in [0.29, 0.717) is 24.3 Å². The first-order valence-electron chi connectivity index (χ1n) is 8.35. The van der Waals surface area contributed by atoms with Gasteiger partial charge in [0, 0.05) is 30.7 Å². The van der Waals surface area contributed by atoms with Crippen LogP contribution in [0.4, 0.5) is 5.69 Å². The molecule has 0 aliphatic carbocycles. The highest BCUT2D eigenvalue weighted by Crippen LogP contribution is 2.28. The van der Waals surface area contributed by atoms with Gasteiger partial charge in [0.25, 0.3) is 0 Å². The summed E-state index contributed by atoms with van der Waals surface area (Å²) in [6.07, 6.45) is 1.74. The van der Waals surface area contributed by atoms with E-state index in [-0.39, 0.29) is 5.91 Å². The number of nitrogens with one attached hydrogen (secondary N) is 1. The molecule has 0 bridgehead atoms. The van der Waals surface area contributed by atoms with Crippen molar-refractivity contribution >= 4 is 22.9 Å². The van der Waals surface area contributed by atoms with E-state index in [4.69, 9.17) is 0 Å². The number of aromatic amines is 1. The van der Waals surface area contributed by atoms with Crippen LogP contribution in [0.25, 0.3) is 10.6 Å². The second kappa shape index (κ2) is 7.12. The summed E-state index contributed by atoms with van der Waals surface area (Å²) in [5, 5.41) is 16.2. The van der Waals surface area contributed by atoms with Crippen LogP contribution in [0, 0.1) is 11.3 Å². The summed E-state index contributed by atoms with van der Waals surface area (Å²) in [6.45, 7) is 2.48. The SMILES string of the molecule is N#Cc1ccccc1N1CCN(Cc2ccc(-c3ccn[nH]3)s2)CC1=O. The Balaban J connectivity index is 1.43. The van der Waals surface area contributed by atoms with E-state index in [2.05, 4.69) is 33.3 Å². The zero-order chi connectivity index (χ0) is 17.9. The second-order valence-electron chi connectivity index (χ2n) is 6.12. The summed E-state index contributed by atoms with van der Waals surface area (Å²) >= 11 is 1.71. The van der Waals surface area contributed by atoms with Crippen molar-refractivity contribution < 1.29 is 4.79 Å². The average Bonchev–Trinajstić information content (AvgIpc) is 3.33. The average molecular weight is 363 g/mol. The third-order valence-electron chi connectivity index (χ3n) is 4.42. The van der Waals surface area contributed by atoms with Gasteiger partial charge in [-0.2, -0.15) is 10.4 Å². The molecule has 26 heavy (non-hydrogen) atoms. The fraction of sp³-hybridized carbons (Fsp3) is 0.211. The molecular formula is C19H17N5OS. The number of anilines is 1. The summed E-state index contributed by atoms with van der Waals surface area (Å²) < 4.78 is 0. The van der Waals surface area contributed by atoms with Crippen LogP contribution in [0.15, 0.2) is 48.7 Å². The molecule has 0 radical (unpaired) electrons. The van der Waals surface area contributed by atoms with Gasteiger partial charge in [0.1, 0.15) is 6.07 Å². The number of aromatic nitrogens is 2. The number of piperazine rings is 1. The Kier molecular flexibility index (Phi) is 4.52. The monoisotopic (exact) mass is 363 g/mol. The molecule has 0 spiro atoms. The first-order valence-corrected chi connectivity index (χ1v) is 9.16. The van der Waals surface area contributed by atoms with E-state index in [0.717, 1.165) is 23.7 Å². The molecule has 1 aromatic carbocycles. The maximum absolute atomic E-state index is 12.6. The fourth-order valence-electron chi connectivity index (χ4n) is 3.14. The van der Waals surface area contributed by atoms with Crippen molar-refractivity contribution in [1.29, 1.82) is 5.26 Å². The van der Waals surface area contributed by atoms with Gasteiger partial charge in [-0.15, -0.1) is 11.3 Å². The topological polar surface area (TPSA) is 76.0 Å². The van der Waals surface area contributed by atoms with Gasteiger partial charge in [-0.3, -0.25) is 14.8 Å². The van der Waals surface area contributed by atoms with Gasteiger partial charge in [-0.1, -0.05) is 12.1 Å². The van der Waals surface area contributed by atoms with Crippen molar-refractivity contribution in [3.8, 4) is 16.6 Å². The summed E-state index contributed by atoms with van der Waals surface area (Å²) in [5.41, 5.74) is 2.25. The van der Waals surface area contributed by atoms with Crippen LogP contribution < -0.4 is 4.90 Å². The molecule has 0 saturated carbocycles. The van der Waals surface area contributed by atoms with E-state index in [1.807, 2.05) is 24.3 Å². The zero-order valence-electron chi connectivity index (χ0n) is 14.1. The first kappa shape index (κ1) is 16.5. The van der Waals surface area contributed by atoms with Gasteiger partial charge in [-0.05, 0) is 30.3 Å². The van der Waals surface area contributed by atoms with Crippen molar-refractivity contribution in [3.05, 3.63) is 59.1 Å². The summed E-state index contributed by atoms with van der Waals surface area (Å²) in [6, 6.07) is 15.6. The van der Waals surface area contributed by atoms with E-state index in [1.54, 1.807) is 28.5 Å². The predicted octanol–water partition coefficient (Wildman–Crippen LogP) is 2.86. The highest BCUT2D eigenvalue weighted by atomic mass is 32.1. The standard InChI is InChI=1S/C19H17N5OS/c20-11-14-3-1-2-4-17(14)24-10-9-23(13-19(24)25)12-15-5-6-18(26-15)16-7-8-21-22-16/h1-8H,9-10,12-13H2,(H,21,22). The zero-order valence-corrected chi connectivity index (χ0v) is 14.9. The molecule has 6 nitrogen and oxygen atoms in total.